The second-order valence-corrected chi connectivity index (χ2v) is 11.5. The van der Waals surface area contributed by atoms with Gasteiger partial charge in [0, 0.05) is 19.0 Å². The van der Waals surface area contributed by atoms with Gasteiger partial charge >= 0.3 is 14.6 Å². The first kappa shape index (κ1) is 17.0. The molecule has 6 nitrogen and oxygen atoms in total. The lowest BCUT2D eigenvalue weighted by atomic mass is 9.98. The average Bonchev–Trinajstić information content (AvgIpc) is 2.65. The van der Waals surface area contributed by atoms with E-state index >= 15 is 0 Å². The third-order valence-corrected chi connectivity index (χ3v) is 7.83. The van der Waals surface area contributed by atoms with Crippen molar-refractivity contribution < 1.29 is 23.2 Å². The predicted octanol–water partition coefficient (Wildman–Crippen LogP) is 2.60. The minimum Gasteiger partial charge on any atom is -0.393 e. The number of hydrogen-bond donors (Lipinski definition) is 0. The first-order valence-electron chi connectivity index (χ1n) is 5.65. The lowest BCUT2D eigenvalue weighted by Crippen LogP contribution is -2.68. The number of fused-ring (bicyclic) bond motifs is 1. The standard InChI is InChI=1S/C10H14Br2NO5PS/c1-9(2)5(6(14)18-19(16-3)17-4)13-7(15)10(11,12)8(13)20-9/h5,8H,1-4H3/t5-,8+/m0/s1. The molecule has 2 aliphatic rings. The van der Waals surface area contributed by atoms with Crippen LogP contribution in [0.25, 0.3) is 0 Å². The predicted molar refractivity (Wildman–Crippen MR) is 83.7 cm³/mol. The number of alkyl halides is 2. The molecule has 0 aliphatic carbocycles. The molecular weight excluding hydrogens is 437 g/mol. The summed E-state index contributed by atoms with van der Waals surface area (Å²) in [6.45, 7) is 3.82. The zero-order chi connectivity index (χ0) is 15.3. The van der Waals surface area contributed by atoms with Gasteiger partial charge in [-0.05, 0) is 13.8 Å². The van der Waals surface area contributed by atoms with Crippen molar-refractivity contribution in [2.75, 3.05) is 14.2 Å². The Morgan fingerprint density at radius 2 is 1.90 bits per heavy atom. The van der Waals surface area contributed by atoms with Crippen molar-refractivity contribution in [2.45, 2.75) is 33.2 Å². The lowest BCUT2D eigenvalue weighted by molar-refractivity contribution is -0.156. The Bertz CT molecular complexity index is 445. The summed E-state index contributed by atoms with van der Waals surface area (Å²) in [5, 5.41) is -0.154. The number of β-lactam (4-membered cyclic amide) rings is 1. The number of amides is 1. The van der Waals surface area contributed by atoms with Gasteiger partial charge in [0.25, 0.3) is 5.91 Å². The fraction of sp³-hybridized carbons (Fsp3) is 0.800. The normalized spacial score (nSPS) is 30.1. The van der Waals surface area contributed by atoms with Gasteiger partial charge in [-0.1, -0.05) is 31.9 Å². The average molecular weight is 451 g/mol. The van der Waals surface area contributed by atoms with Gasteiger partial charge < -0.3 is 18.5 Å². The number of rotatable bonds is 4. The number of carbonyl (C=O) groups is 2. The van der Waals surface area contributed by atoms with E-state index in [0.29, 0.717) is 0 Å². The van der Waals surface area contributed by atoms with Gasteiger partial charge in [0.15, 0.2) is 3.23 Å². The highest BCUT2D eigenvalue weighted by Gasteiger charge is 2.70. The fourth-order valence-corrected chi connectivity index (χ4v) is 5.68. The van der Waals surface area contributed by atoms with Gasteiger partial charge in [0.2, 0.25) is 0 Å². The zero-order valence-corrected chi connectivity index (χ0v) is 16.1. The third kappa shape index (κ3) is 2.54. The summed E-state index contributed by atoms with van der Waals surface area (Å²) in [7, 11) is 1.08. The van der Waals surface area contributed by atoms with Crippen molar-refractivity contribution in [1.82, 2.24) is 4.90 Å². The smallest absolute Gasteiger partial charge is 0.393 e. The molecule has 0 bridgehead atoms. The molecule has 2 rings (SSSR count). The van der Waals surface area contributed by atoms with Crippen LogP contribution >= 0.6 is 52.2 Å². The van der Waals surface area contributed by atoms with Crippen LogP contribution in [0.5, 0.6) is 0 Å². The monoisotopic (exact) mass is 449 g/mol. The van der Waals surface area contributed by atoms with Gasteiger partial charge in [-0.3, -0.25) is 4.79 Å². The van der Waals surface area contributed by atoms with Crippen molar-refractivity contribution in [3.05, 3.63) is 0 Å². The van der Waals surface area contributed by atoms with Crippen LogP contribution in [0.4, 0.5) is 0 Å². The number of carbonyl (C=O) groups excluding carboxylic acids is 2. The number of thioether (sulfide) groups is 1. The number of nitrogens with zero attached hydrogens (tertiary/aromatic N) is 1. The van der Waals surface area contributed by atoms with Crippen molar-refractivity contribution in [3.8, 4) is 0 Å². The highest BCUT2D eigenvalue weighted by atomic mass is 79.9. The number of halogens is 2. The van der Waals surface area contributed by atoms with E-state index in [9.17, 15) is 9.59 Å². The molecule has 20 heavy (non-hydrogen) atoms. The Labute approximate surface area is 139 Å². The van der Waals surface area contributed by atoms with E-state index < -0.39 is 28.6 Å². The first-order chi connectivity index (χ1) is 9.16. The molecule has 2 fully saturated rings. The van der Waals surface area contributed by atoms with Crippen molar-refractivity contribution >= 4 is 64.1 Å². The molecule has 0 aromatic carbocycles. The van der Waals surface area contributed by atoms with Crippen LogP contribution in [-0.2, 0) is 23.2 Å². The van der Waals surface area contributed by atoms with E-state index in [4.69, 9.17) is 13.6 Å². The van der Waals surface area contributed by atoms with Crippen LogP contribution in [0.15, 0.2) is 0 Å². The van der Waals surface area contributed by atoms with Crippen LogP contribution in [-0.4, -0.2) is 50.4 Å². The molecule has 0 spiro atoms. The SMILES string of the molecule is COP(OC)OC(=O)[C@@H]1N2C(=O)C(Br)(Br)[C@H]2SC1(C)C. The summed E-state index contributed by atoms with van der Waals surface area (Å²) >= 11 is 8.24. The van der Waals surface area contributed by atoms with E-state index in [-0.39, 0.29) is 11.3 Å². The summed E-state index contributed by atoms with van der Waals surface area (Å²) in [6.07, 6.45) is 0. The quantitative estimate of drug-likeness (QED) is 0.372. The Balaban J connectivity index is 2.18. The van der Waals surface area contributed by atoms with Crippen LogP contribution in [0, 0.1) is 0 Å². The van der Waals surface area contributed by atoms with E-state index in [2.05, 4.69) is 31.9 Å². The molecule has 2 atom stereocenters. The molecule has 0 saturated carbocycles. The van der Waals surface area contributed by atoms with E-state index in [1.165, 1.54) is 19.1 Å². The van der Waals surface area contributed by atoms with E-state index in [1.54, 1.807) is 11.8 Å². The maximum absolute atomic E-state index is 12.3. The number of hydrogen-bond acceptors (Lipinski definition) is 6. The summed E-state index contributed by atoms with van der Waals surface area (Å²) in [5.74, 6) is -0.689. The maximum atomic E-state index is 12.3. The lowest BCUT2D eigenvalue weighted by Gasteiger charge is -2.46. The Hall–Kier alpha value is 0.600. The minimum absolute atomic E-state index is 0.154. The van der Waals surface area contributed by atoms with Gasteiger partial charge in [0.05, 0.1) is 0 Å². The Kier molecular flexibility index (Phi) is 4.80. The van der Waals surface area contributed by atoms with Crippen molar-refractivity contribution in [3.63, 3.8) is 0 Å². The molecule has 2 heterocycles. The largest absolute Gasteiger partial charge is 0.398 e. The van der Waals surface area contributed by atoms with Gasteiger partial charge in [-0.25, -0.2) is 4.79 Å². The van der Waals surface area contributed by atoms with Crippen LogP contribution in [0.2, 0.25) is 0 Å². The molecule has 10 heteroatoms. The molecule has 0 aromatic heterocycles. The molecule has 0 radical (unpaired) electrons. The molecule has 2 aliphatic heterocycles. The highest BCUT2D eigenvalue weighted by Crippen LogP contribution is 2.60. The summed E-state index contributed by atoms with van der Waals surface area (Å²) in [6, 6.07) is -0.663. The Morgan fingerprint density at radius 3 is 2.40 bits per heavy atom. The third-order valence-electron chi connectivity index (χ3n) is 3.12. The second kappa shape index (κ2) is 5.66. The summed E-state index contributed by atoms with van der Waals surface area (Å²) < 4.78 is 13.8. The van der Waals surface area contributed by atoms with E-state index in [1.807, 2.05) is 13.8 Å². The molecule has 114 valence electrons. The molecule has 0 unspecified atom stereocenters. The summed E-state index contributed by atoms with van der Waals surface area (Å²) in [4.78, 5) is 26.0. The highest BCUT2D eigenvalue weighted by molar-refractivity contribution is 9.26. The molecule has 0 N–H and O–H groups in total. The second-order valence-electron chi connectivity index (χ2n) is 4.81. The maximum Gasteiger partial charge on any atom is 0.398 e. The molecule has 0 aromatic rings. The van der Waals surface area contributed by atoms with Crippen molar-refractivity contribution in [2.24, 2.45) is 0 Å². The Morgan fingerprint density at radius 1 is 1.35 bits per heavy atom. The van der Waals surface area contributed by atoms with Gasteiger partial charge in [-0.15, -0.1) is 11.8 Å². The molecule has 1 amide bonds. The fourth-order valence-electron chi connectivity index (χ4n) is 2.23. The summed E-state index contributed by atoms with van der Waals surface area (Å²) in [5.41, 5.74) is 0. The van der Waals surface area contributed by atoms with Gasteiger partial charge in [0.1, 0.15) is 11.4 Å². The van der Waals surface area contributed by atoms with Gasteiger partial charge in [-0.2, -0.15) is 0 Å². The minimum atomic E-state index is -1.72. The topological polar surface area (TPSA) is 65.1 Å². The molecule has 2 saturated heterocycles. The van der Waals surface area contributed by atoms with Crippen LogP contribution < -0.4 is 0 Å². The van der Waals surface area contributed by atoms with Crippen LogP contribution in [0.3, 0.4) is 0 Å². The van der Waals surface area contributed by atoms with Crippen molar-refractivity contribution in [1.29, 1.82) is 0 Å². The molecular formula is C10H14Br2NO5PS. The first-order valence-corrected chi connectivity index (χ1v) is 9.21. The zero-order valence-electron chi connectivity index (χ0n) is 11.3. The van der Waals surface area contributed by atoms with Crippen LogP contribution in [0.1, 0.15) is 13.8 Å². The van der Waals surface area contributed by atoms with E-state index in [0.717, 1.165) is 0 Å².